The summed E-state index contributed by atoms with van der Waals surface area (Å²) in [7, 11) is 0. The van der Waals surface area contributed by atoms with Crippen molar-refractivity contribution in [3.8, 4) is 0 Å². The lowest BCUT2D eigenvalue weighted by molar-refractivity contribution is -0.137. The Labute approximate surface area is 101 Å². The molecule has 6 N–H and O–H groups in total. The standard InChI is InChI=1S/C12H19N3O2/c13-10-6-5-9(8-11(10)14)15-7-3-1-2-4-12(16)17/h5-6,8,15H,1-4,7,13-14H2,(H,16,17). The summed E-state index contributed by atoms with van der Waals surface area (Å²) < 4.78 is 0. The summed E-state index contributed by atoms with van der Waals surface area (Å²) in [5.74, 6) is -0.732. The van der Waals surface area contributed by atoms with Crippen LogP contribution < -0.4 is 16.8 Å². The number of unbranched alkanes of at least 4 members (excludes halogenated alkanes) is 2. The van der Waals surface area contributed by atoms with Crippen molar-refractivity contribution in [3.05, 3.63) is 18.2 Å². The van der Waals surface area contributed by atoms with E-state index in [-0.39, 0.29) is 6.42 Å². The van der Waals surface area contributed by atoms with Crippen LogP contribution in [-0.4, -0.2) is 17.6 Å². The molecule has 0 aliphatic heterocycles. The lowest BCUT2D eigenvalue weighted by Gasteiger charge is -2.08. The van der Waals surface area contributed by atoms with E-state index >= 15 is 0 Å². The van der Waals surface area contributed by atoms with Gasteiger partial charge in [0.25, 0.3) is 0 Å². The van der Waals surface area contributed by atoms with Gasteiger partial charge < -0.3 is 21.9 Å². The van der Waals surface area contributed by atoms with Gasteiger partial charge in [-0.25, -0.2) is 0 Å². The zero-order valence-electron chi connectivity index (χ0n) is 9.78. The van der Waals surface area contributed by atoms with Crippen LogP contribution in [0.1, 0.15) is 25.7 Å². The molecule has 0 atom stereocenters. The molecule has 1 aromatic carbocycles. The van der Waals surface area contributed by atoms with Crippen molar-refractivity contribution < 1.29 is 9.90 Å². The summed E-state index contributed by atoms with van der Waals surface area (Å²) in [5.41, 5.74) is 13.4. The van der Waals surface area contributed by atoms with Crippen molar-refractivity contribution in [2.24, 2.45) is 0 Å². The third kappa shape index (κ3) is 5.10. The molecule has 0 bridgehead atoms. The first-order valence-corrected chi connectivity index (χ1v) is 5.70. The molecular weight excluding hydrogens is 218 g/mol. The van der Waals surface area contributed by atoms with Crippen LogP contribution in [0.3, 0.4) is 0 Å². The molecule has 0 saturated heterocycles. The monoisotopic (exact) mass is 237 g/mol. The molecule has 0 heterocycles. The number of anilines is 3. The average Bonchev–Trinajstić information content (AvgIpc) is 2.27. The molecule has 0 aliphatic carbocycles. The predicted molar refractivity (Wildman–Crippen MR) is 69.9 cm³/mol. The van der Waals surface area contributed by atoms with Crippen LogP contribution in [0.5, 0.6) is 0 Å². The molecule has 0 unspecified atom stereocenters. The zero-order chi connectivity index (χ0) is 12.7. The molecule has 0 fully saturated rings. The summed E-state index contributed by atoms with van der Waals surface area (Å²) in [5, 5.41) is 11.7. The number of carboxylic acids is 1. The molecule has 5 heteroatoms. The first-order chi connectivity index (χ1) is 8.09. The van der Waals surface area contributed by atoms with Gasteiger partial charge in [-0.2, -0.15) is 0 Å². The number of nitrogens with two attached hydrogens (primary N) is 2. The summed E-state index contributed by atoms with van der Waals surface area (Å²) in [6, 6.07) is 5.44. The van der Waals surface area contributed by atoms with Crippen LogP contribution in [0.25, 0.3) is 0 Å². The van der Waals surface area contributed by atoms with E-state index in [4.69, 9.17) is 16.6 Å². The van der Waals surface area contributed by atoms with E-state index in [2.05, 4.69) is 5.32 Å². The van der Waals surface area contributed by atoms with Crippen molar-refractivity contribution in [1.82, 2.24) is 0 Å². The minimum Gasteiger partial charge on any atom is -0.481 e. The third-order valence-corrected chi connectivity index (χ3v) is 2.48. The molecule has 17 heavy (non-hydrogen) atoms. The lowest BCUT2D eigenvalue weighted by atomic mass is 10.2. The third-order valence-electron chi connectivity index (χ3n) is 2.48. The Kier molecular flexibility index (Phi) is 5.13. The molecule has 0 spiro atoms. The highest BCUT2D eigenvalue weighted by atomic mass is 16.4. The van der Waals surface area contributed by atoms with Crippen LogP contribution in [0.15, 0.2) is 18.2 Å². The topological polar surface area (TPSA) is 101 Å². The Bertz CT molecular complexity index is 380. The Morgan fingerprint density at radius 3 is 2.59 bits per heavy atom. The highest BCUT2D eigenvalue weighted by Crippen LogP contribution is 2.19. The number of aliphatic carboxylic acids is 1. The molecule has 0 saturated carbocycles. The number of benzene rings is 1. The van der Waals surface area contributed by atoms with E-state index < -0.39 is 5.97 Å². The lowest BCUT2D eigenvalue weighted by Crippen LogP contribution is -2.03. The SMILES string of the molecule is Nc1ccc(NCCCCCC(=O)O)cc1N. The van der Waals surface area contributed by atoms with E-state index in [0.29, 0.717) is 11.4 Å². The average molecular weight is 237 g/mol. The number of carbonyl (C=O) groups is 1. The summed E-state index contributed by atoms with van der Waals surface area (Å²) in [6.07, 6.45) is 2.82. The van der Waals surface area contributed by atoms with Gasteiger partial charge in [0.05, 0.1) is 11.4 Å². The maximum Gasteiger partial charge on any atom is 0.303 e. The summed E-state index contributed by atoms with van der Waals surface area (Å²) >= 11 is 0. The van der Waals surface area contributed by atoms with Gasteiger partial charge in [-0.05, 0) is 31.0 Å². The van der Waals surface area contributed by atoms with Gasteiger partial charge in [0, 0.05) is 18.7 Å². The van der Waals surface area contributed by atoms with Crippen LogP contribution in [0.4, 0.5) is 17.1 Å². The van der Waals surface area contributed by atoms with Gasteiger partial charge in [-0.1, -0.05) is 6.42 Å². The van der Waals surface area contributed by atoms with Crippen LogP contribution >= 0.6 is 0 Å². The zero-order valence-corrected chi connectivity index (χ0v) is 9.78. The maximum absolute atomic E-state index is 10.3. The van der Waals surface area contributed by atoms with Gasteiger partial charge in [0.2, 0.25) is 0 Å². The molecule has 0 radical (unpaired) electrons. The Balaban J connectivity index is 2.18. The van der Waals surface area contributed by atoms with Crippen molar-refractivity contribution in [3.63, 3.8) is 0 Å². The van der Waals surface area contributed by atoms with Gasteiger partial charge in [0.15, 0.2) is 0 Å². The van der Waals surface area contributed by atoms with E-state index in [9.17, 15) is 4.79 Å². The van der Waals surface area contributed by atoms with Gasteiger partial charge in [-0.3, -0.25) is 4.79 Å². The van der Waals surface area contributed by atoms with Crippen LogP contribution in [0.2, 0.25) is 0 Å². The molecule has 5 nitrogen and oxygen atoms in total. The molecule has 94 valence electrons. The van der Waals surface area contributed by atoms with Crippen molar-refractivity contribution in [2.75, 3.05) is 23.3 Å². The number of rotatable bonds is 7. The maximum atomic E-state index is 10.3. The van der Waals surface area contributed by atoms with Gasteiger partial charge in [0.1, 0.15) is 0 Å². The fraction of sp³-hybridized carbons (Fsp3) is 0.417. The van der Waals surface area contributed by atoms with Crippen LogP contribution in [0, 0.1) is 0 Å². The van der Waals surface area contributed by atoms with Crippen LogP contribution in [-0.2, 0) is 4.79 Å². The fourth-order valence-electron chi connectivity index (χ4n) is 1.50. The normalized spacial score (nSPS) is 10.1. The number of nitrogens with one attached hydrogen (secondary N) is 1. The van der Waals surface area contributed by atoms with E-state index in [1.165, 1.54) is 0 Å². The van der Waals surface area contributed by atoms with E-state index in [0.717, 1.165) is 31.5 Å². The Hall–Kier alpha value is -1.91. The smallest absolute Gasteiger partial charge is 0.303 e. The first kappa shape index (κ1) is 13.2. The number of hydrogen-bond donors (Lipinski definition) is 4. The molecule has 0 aromatic heterocycles. The molecular formula is C12H19N3O2. The second-order valence-electron chi connectivity index (χ2n) is 3.97. The highest BCUT2D eigenvalue weighted by Gasteiger charge is 1.98. The van der Waals surface area contributed by atoms with Crippen molar-refractivity contribution in [2.45, 2.75) is 25.7 Å². The second kappa shape index (κ2) is 6.62. The quantitative estimate of drug-likeness (QED) is 0.428. The predicted octanol–water partition coefficient (Wildman–Crippen LogP) is 1.91. The summed E-state index contributed by atoms with van der Waals surface area (Å²) in [6.45, 7) is 0.809. The first-order valence-electron chi connectivity index (χ1n) is 5.70. The summed E-state index contributed by atoms with van der Waals surface area (Å²) in [4.78, 5) is 10.3. The molecule has 0 amide bonds. The van der Waals surface area contributed by atoms with E-state index in [1.807, 2.05) is 6.07 Å². The molecule has 1 aromatic rings. The van der Waals surface area contributed by atoms with Gasteiger partial charge >= 0.3 is 5.97 Å². The minimum absolute atomic E-state index is 0.245. The highest BCUT2D eigenvalue weighted by molar-refractivity contribution is 5.69. The Morgan fingerprint density at radius 1 is 1.18 bits per heavy atom. The second-order valence-corrected chi connectivity index (χ2v) is 3.97. The number of hydrogen-bond acceptors (Lipinski definition) is 4. The van der Waals surface area contributed by atoms with E-state index in [1.54, 1.807) is 12.1 Å². The number of carboxylic acid groups (broad SMARTS) is 1. The number of nitrogen functional groups attached to an aromatic ring is 2. The largest absolute Gasteiger partial charge is 0.481 e. The molecule has 0 aliphatic rings. The Morgan fingerprint density at radius 2 is 1.94 bits per heavy atom. The van der Waals surface area contributed by atoms with Gasteiger partial charge in [-0.15, -0.1) is 0 Å². The van der Waals surface area contributed by atoms with Crippen molar-refractivity contribution >= 4 is 23.0 Å². The van der Waals surface area contributed by atoms with Crippen molar-refractivity contribution in [1.29, 1.82) is 0 Å². The molecule has 1 rings (SSSR count). The minimum atomic E-state index is -0.732. The fourth-order valence-corrected chi connectivity index (χ4v) is 1.50.